The molecule has 0 amide bonds. The van der Waals surface area contributed by atoms with Crippen molar-refractivity contribution in [2.75, 3.05) is 6.54 Å². The molecule has 0 unspecified atom stereocenters. The van der Waals surface area contributed by atoms with Gasteiger partial charge in [-0.15, -0.1) is 0 Å². The number of aromatic nitrogens is 1. The van der Waals surface area contributed by atoms with E-state index in [0.29, 0.717) is 0 Å². The fraction of sp³-hybridized carbons (Fsp3) is 0.643. The predicted octanol–water partition coefficient (Wildman–Crippen LogP) is 2.03. The van der Waals surface area contributed by atoms with Gasteiger partial charge in [0.05, 0.1) is 11.8 Å². The normalized spacial score (nSPS) is 24.8. The van der Waals surface area contributed by atoms with E-state index < -0.39 is 0 Å². The number of aliphatic hydroxyl groups is 1. The summed E-state index contributed by atoms with van der Waals surface area (Å²) < 4.78 is 0. The van der Waals surface area contributed by atoms with E-state index in [1.165, 1.54) is 5.56 Å². The molecule has 0 radical (unpaired) electrons. The van der Waals surface area contributed by atoms with E-state index in [1.54, 1.807) is 0 Å². The molecule has 1 saturated carbocycles. The Balaban J connectivity index is 1.67. The van der Waals surface area contributed by atoms with Crippen LogP contribution in [0.5, 0.6) is 0 Å². The number of nitrogens with zero attached hydrogens (tertiary/aromatic N) is 1. The van der Waals surface area contributed by atoms with E-state index in [9.17, 15) is 5.11 Å². The van der Waals surface area contributed by atoms with E-state index in [2.05, 4.69) is 29.4 Å². The van der Waals surface area contributed by atoms with Gasteiger partial charge in [-0.2, -0.15) is 0 Å². The molecule has 3 nitrogen and oxygen atoms in total. The van der Waals surface area contributed by atoms with E-state index in [1.807, 2.05) is 6.20 Å². The number of pyridine rings is 1. The Morgan fingerprint density at radius 2 is 2.06 bits per heavy atom. The van der Waals surface area contributed by atoms with Crippen LogP contribution in [0.15, 0.2) is 18.3 Å². The van der Waals surface area contributed by atoms with Crippen molar-refractivity contribution < 1.29 is 5.11 Å². The topological polar surface area (TPSA) is 45.1 Å². The molecule has 0 atom stereocenters. The van der Waals surface area contributed by atoms with Crippen LogP contribution in [0.3, 0.4) is 0 Å². The van der Waals surface area contributed by atoms with Gasteiger partial charge in [-0.1, -0.05) is 6.07 Å². The molecule has 17 heavy (non-hydrogen) atoms. The van der Waals surface area contributed by atoms with Gasteiger partial charge in [0, 0.05) is 12.7 Å². The molecule has 1 aliphatic rings. The average molecular weight is 234 g/mol. The smallest absolute Gasteiger partial charge is 0.0541 e. The number of aryl methyl sites for hydroxylation is 1. The van der Waals surface area contributed by atoms with Gasteiger partial charge in [-0.25, -0.2) is 0 Å². The molecule has 0 bridgehead atoms. The summed E-state index contributed by atoms with van der Waals surface area (Å²) >= 11 is 0. The maximum absolute atomic E-state index is 9.43. The molecule has 2 N–H and O–H groups in total. The zero-order valence-electron chi connectivity index (χ0n) is 10.5. The van der Waals surface area contributed by atoms with Crippen molar-refractivity contribution in [3.05, 3.63) is 29.6 Å². The fourth-order valence-corrected chi connectivity index (χ4v) is 2.36. The lowest BCUT2D eigenvalue weighted by Crippen LogP contribution is -2.27. The summed E-state index contributed by atoms with van der Waals surface area (Å²) in [7, 11) is 0. The van der Waals surface area contributed by atoms with Crippen LogP contribution >= 0.6 is 0 Å². The van der Waals surface area contributed by atoms with Gasteiger partial charge in [0.15, 0.2) is 0 Å². The molecular weight excluding hydrogens is 212 g/mol. The first-order chi connectivity index (χ1) is 8.24. The third kappa shape index (κ3) is 4.10. The number of hydrogen-bond donors (Lipinski definition) is 2. The van der Waals surface area contributed by atoms with Gasteiger partial charge in [-0.05, 0) is 56.7 Å². The van der Waals surface area contributed by atoms with Crippen LogP contribution < -0.4 is 5.32 Å². The van der Waals surface area contributed by atoms with Gasteiger partial charge in [0.2, 0.25) is 0 Å². The Hall–Kier alpha value is -0.930. The summed E-state index contributed by atoms with van der Waals surface area (Å²) in [5.41, 5.74) is 2.31. The quantitative estimate of drug-likeness (QED) is 0.838. The number of rotatable bonds is 4. The van der Waals surface area contributed by atoms with Crippen LogP contribution in [-0.2, 0) is 6.54 Å². The van der Waals surface area contributed by atoms with Gasteiger partial charge in [-0.3, -0.25) is 4.98 Å². The molecule has 94 valence electrons. The van der Waals surface area contributed by atoms with Gasteiger partial charge >= 0.3 is 0 Å². The molecule has 3 heteroatoms. The first-order valence-electron chi connectivity index (χ1n) is 6.54. The molecule has 0 saturated heterocycles. The van der Waals surface area contributed by atoms with Crippen LogP contribution in [0.1, 0.15) is 36.9 Å². The van der Waals surface area contributed by atoms with E-state index in [0.717, 1.165) is 50.4 Å². The molecule has 1 heterocycles. The van der Waals surface area contributed by atoms with E-state index in [-0.39, 0.29) is 6.10 Å². The molecule has 1 fully saturated rings. The maximum Gasteiger partial charge on any atom is 0.0541 e. The van der Waals surface area contributed by atoms with Crippen molar-refractivity contribution in [3.8, 4) is 0 Å². The summed E-state index contributed by atoms with van der Waals surface area (Å²) in [4.78, 5) is 4.37. The predicted molar refractivity (Wildman–Crippen MR) is 68.6 cm³/mol. The Morgan fingerprint density at radius 1 is 1.29 bits per heavy atom. The second-order valence-electron chi connectivity index (χ2n) is 5.13. The summed E-state index contributed by atoms with van der Waals surface area (Å²) in [6.45, 7) is 3.94. The highest BCUT2D eigenvalue weighted by molar-refractivity contribution is 5.11. The van der Waals surface area contributed by atoms with Crippen molar-refractivity contribution in [1.82, 2.24) is 10.3 Å². The highest BCUT2D eigenvalue weighted by atomic mass is 16.3. The largest absolute Gasteiger partial charge is 0.393 e. The standard InChI is InChI=1S/C14H22N2O/c1-11-2-5-13(16-8-11)10-15-9-12-3-6-14(17)7-4-12/h2,5,8,12,14-15,17H,3-4,6-7,9-10H2,1H3. The summed E-state index contributed by atoms with van der Waals surface area (Å²) in [6, 6.07) is 4.17. The third-order valence-electron chi connectivity index (χ3n) is 3.53. The molecule has 1 aliphatic carbocycles. The molecular formula is C14H22N2O. The fourth-order valence-electron chi connectivity index (χ4n) is 2.36. The van der Waals surface area contributed by atoms with Crippen molar-refractivity contribution in [1.29, 1.82) is 0 Å². The maximum atomic E-state index is 9.43. The van der Waals surface area contributed by atoms with Crippen LogP contribution in [0, 0.1) is 12.8 Å². The van der Waals surface area contributed by atoms with Crippen LogP contribution in [0.2, 0.25) is 0 Å². The first kappa shape index (κ1) is 12.5. The summed E-state index contributed by atoms with van der Waals surface area (Å²) in [5.74, 6) is 0.726. The van der Waals surface area contributed by atoms with Crippen molar-refractivity contribution in [2.24, 2.45) is 5.92 Å². The Labute approximate surface area is 103 Å². The van der Waals surface area contributed by atoms with Gasteiger partial charge in [0.25, 0.3) is 0 Å². The van der Waals surface area contributed by atoms with Crippen LogP contribution in [-0.4, -0.2) is 22.7 Å². The lowest BCUT2D eigenvalue weighted by Gasteiger charge is -2.25. The minimum Gasteiger partial charge on any atom is -0.393 e. The second-order valence-corrected chi connectivity index (χ2v) is 5.13. The third-order valence-corrected chi connectivity index (χ3v) is 3.53. The van der Waals surface area contributed by atoms with Gasteiger partial charge in [0.1, 0.15) is 0 Å². The SMILES string of the molecule is Cc1ccc(CNCC2CCC(O)CC2)nc1. The molecule has 1 aromatic heterocycles. The molecule has 2 rings (SSSR count). The molecule has 0 aromatic carbocycles. The highest BCUT2D eigenvalue weighted by Gasteiger charge is 2.18. The monoisotopic (exact) mass is 234 g/mol. The molecule has 0 aliphatic heterocycles. The number of nitrogens with one attached hydrogen (secondary N) is 1. The Bertz CT molecular complexity index is 329. The van der Waals surface area contributed by atoms with E-state index >= 15 is 0 Å². The first-order valence-corrected chi connectivity index (χ1v) is 6.54. The van der Waals surface area contributed by atoms with Crippen LogP contribution in [0.4, 0.5) is 0 Å². The minimum absolute atomic E-state index is 0.0509. The Kier molecular flexibility index (Phi) is 4.51. The second kappa shape index (κ2) is 6.12. The number of hydrogen-bond acceptors (Lipinski definition) is 3. The summed E-state index contributed by atoms with van der Waals surface area (Å²) in [6.07, 6.45) is 6.09. The van der Waals surface area contributed by atoms with Crippen molar-refractivity contribution in [2.45, 2.75) is 45.3 Å². The lowest BCUT2D eigenvalue weighted by molar-refractivity contribution is 0.108. The highest BCUT2D eigenvalue weighted by Crippen LogP contribution is 2.23. The number of aliphatic hydroxyl groups excluding tert-OH is 1. The van der Waals surface area contributed by atoms with Crippen molar-refractivity contribution >= 4 is 0 Å². The zero-order valence-corrected chi connectivity index (χ0v) is 10.5. The van der Waals surface area contributed by atoms with E-state index in [4.69, 9.17) is 0 Å². The molecule has 0 spiro atoms. The lowest BCUT2D eigenvalue weighted by atomic mass is 9.87. The average Bonchev–Trinajstić information content (AvgIpc) is 2.34. The molecule has 1 aromatic rings. The summed E-state index contributed by atoms with van der Waals surface area (Å²) in [5, 5.41) is 12.9. The van der Waals surface area contributed by atoms with Crippen LogP contribution in [0.25, 0.3) is 0 Å². The van der Waals surface area contributed by atoms with Crippen molar-refractivity contribution in [3.63, 3.8) is 0 Å². The zero-order chi connectivity index (χ0) is 12.1. The van der Waals surface area contributed by atoms with Gasteiger partial charge < -0.3 is 10.4 Å². The Morgan fingerprint density at radius 3 is 2.71 bits per heavy atom. The minimum atomic E-state index is -0.0509.